The van der Waals surface area contributed by atoms with Crippen molar-refractivity contribution in [3.8, 4) is 5.75 Å². The maximum absolute atomic E-state index is 11.5. The first-order valence-electron chi connectivity index (χ1n) is 5.77. The van der Waals surface area contributed by atoms with Crippen molar-refractivity contribution in [1.29, 1.82) is 0 Å². The molecule has 5 nitrogen and oxygen atoms in total. The average Bonchev–Trinajstić information content (AvgIpc) is 2.35. The van der Waals surface area contributed by atoms with Crippen molar-refractivity contribution in [2.45, 2.75) is 13.0 Å². The molecular formula is C12H20N2O3S. The highest BCUT2D eigenvalue weighted by molar-refractivity contribution is 7.89. The number of nitrogens with zero attached hydrogens (tertiary/aromatic N) is 1. The van der Waals surface area contributed by atoms with Crippen LogP contribution in [0.3, 0.4) is 0 Å². The van der Waals surface area contributed by atoms with Gasteiger partial charge in [-0.15, -0.1) is 0 Å². The van der Waals surface area contributed by atoms with Crippen LogP contribution in [0.25, 0.3) is 0 Å². The second-order valence-corrected chi connectivity index (χ2v) is 6.45. The molecule has 0 fully saturated rings. The molecule has 0 bridgehead atoms. The van der Waals surface area contributed by atoms with E-state index in [2.05, 4.69) is 0 Å². The predicted molar refractivity (Wildman–Crippen MR) is 71.9 cm³/mol. The topological polar surface area (TPSA) is 72.6 Å². The zero-order valence-electron chi connectivity index (χ0n) is 10.8. The van der Waals surface area contributed by atoms with Gasteiger partial charge in [-0.2, -0.15) is 0 Å². The van der Waals surface area contributed by atoms with Crippen LogP contribution in [-0.4, -0.2) is 39.2 Å². The van der Waals surface area contributed by atoms with Gasteiger partial charge in [0.2, 0.25) is 10.0 Å². The van der Waals surface area contributed by atoms with E-state index < -0.39 is 10.0 Å². The van der Waals surface area contributed by atoms with Crippen LogP contribution in [0.4, 0.5) is 0 Å². The van der Waals surface area contributed by atoms with Crippen molar-refractivity contribution in [3.05, 3.63) is 29.8 Å². The molecule has 1 rings (SSSR count). The quantitative estimate of drug-likeness (QED) is 0.745. The molecule has 2 N–H and O–H groups in total. The van der Waals surface area contributed by atoms with Crippen molar-refractivity contribution in [1.82, 2.24) is 4.31 Å². The molecule has 1 aromatic rings. The molecule has 0 radical (unpaired) electrons. The molecule has 0 aromatic heterocycles. The fourth-order valence-electron chi connectivity index (χ4n) is 1.38. The van der Waals surface area contributed by atoms with E-state index in [4.69, 9.17) is 10.5 Å². The fourth-order valence-corrected chi connectivity index (χ4v) is 2.22. The third kappa shape index (κ3) is 4.64. The Hall–Kier alpha value is -1.11. The maximum Gasteiger partial charge on any atom is 0.213 e. The van der Waals surface area contributed by atoms with Crippen LogP contribution in [0.5, 0.6) is 5.75 Å². The molecule has 0 aliphatic carbocycles. The Kier molecular flexibility index (Phi) is 5.58. The van der Waals surface area contributed by atoms with Crippen LogP contribution in [0.15, 0.2) is 24.3 Å². The normalized spacial score (nSPS) is 11.8. The largest absolute Gasteiger partial charge is 0.494 e. The Labute approximate surface area is 109 Å². The van der Waals surface area contributed by atoms with E-state index in [1.54, 1.807) is 0 Å². The van der Waals surface area contributed by atoms with Crippen LogP contribution in [-0.2, 0) is 16.6 Å². The van der Waals surface area contributed by atoms with Gasteiger partial charge in [0.15, 0.2) is 0 Å². The summed E-state index contributed by atoms with van der Waals surface area (Å²) < 4.78 is 29.7. The third-order valence-electron chi connectivity index (χ3n) is 2.51. The summed E-state index contributed by atoms with van der Waals surface area (Å²) >= 11 is 0. The van der Waals surface area contributed by atoms with Crippen molar-refractivity contribution >= 4 is 10.0 Å². The number of hydrogen-bond donors (Lipinski definition) is 1. The monoisotopic (exact) mass is 272 g/mol. The molecule has 18 heavy (non-hydrogen) atoms. The number of ether oxygens (including phenoxy) is 1. The molecule has 0 aliphatic rings. The van der Waals surface area contributed by atoms with Crippen molar-refractivity contribution in [2.24, 2.45) is 5.73 Å². The van der Waals surface area contributed by atoms with E-state index in [-0.39, 0.29) is 5.75 Å². The number of benzene rings is 1. The van der Waals surface area contributed by atoms with E-state index in [0.717, 1.165) is 11.3 Å². The predicted octanol–water partition coefficient (Wildman–Crippen LogP) is 0.806. The lowest BCUT2D eigenvalue weighted by molar-refractivity contribution is 0.316. The Morgan fingerprint density at radius 1 is 1.33 bits per heavy atom. The van der Waals surface area contributed by atoms with Gasteiger partial charge in [-0.3, -0.25) is 0 Å². The zero-order chi connectivity index (χ0) is 13.6. The molecule has 0 amide bonds. The molecule has 0 heterocycles. The van der Waals surface area contributed by atoms with Gasteiger partial charge in [-0.25, -0.2) is 12.7 Å². The van der Waals surface area contributed by atoms with Crippen LogP contribution < -0.4 is 10.5 Å². The van der Waals surface area contributed by atoms with Crippen LogP contribution in [0, 0.1) is 0 Å². The van der Waals surface area contributed by atoms with E-state index in [1.807, 2.05) is 24.3 Å². The second-order valence-electron chi connectivity index (χ2n) is 4.15. The molecule has 6 heteroatoms. The molecule has 0 saturated heterocycles. The lowest BCUT2D eigenvalue weighted by Gasteiger charge is -2.11. The highest BCUT2D eigenvalue weighted by Gasteiger charge is 2.12. The minimum absolute atomic E-state index is 0.0938. The first kappa shape index (κ1) is 14.9. The van der Waals surface area contributed by atoms with E-state index in [1.165, 1.54) is 18.4 Å². The molecule has 0 aliphatic heterocycles. The van der Waals surface area contributed by atoms with Gasteiger partial charge in [0, 0.05) is 20.6 Å². The third-order valence-corrected chi connectivity index (χ3v) is 4.42. The first-order valence-corrected chi connectivity index (χ1v) is 7.38. The molecular weight excluding hydrogens is 252 g/mol. The summed E-state index contributed by atoms with van der Waals surface area (Å²) in [5, 5.41) is 0. The number of sulfonamides is 1. The average molecular weight is 272 g/mol. The molecule has 0 saturated carbocycles. The van der Waals surface area contributed by atoms with Crippen LogP contribution in [0.1, 0.15) is 12.0 Å². The smallest absolute Gasteiger partial charge is 0.213 e. The Morgan fingerprint density at radius 3 is 2.67 bits per heavy atom. The highest BCUT2D eigenvalue weighted by Crippen LogP contribution is 2.13. The van der Waals surface area contributed by atoms with Crippen molar-refractivity contribution < 1.29 is 13.2 Å². The second kappa shape index (κ2) is 6.72. The summed E-state index contributed by atoms with van der Waals surface area (Å²) in [4.78, 5) is 0. The molecule has 0 atom stereocenters. The van der Waals surface area contributed by atoms with Gasteiger partial charge in [-0.1, -0.05) is 12.1 Å². The summed E-state index contributed by atoms with van der Waals surface area (Å²) in [7, 11) is -0.0748. The van der Waals surface area contributed by atoms with Crippen molar-refractivity contribution in [3.63, 3.8) is 0 Å². The highest BCUT2D eigenvalue weighted by atomic mass is 32.2. The number of rotatable bonds is 7. The standard InChI is InChI=1S/C12H20N2O3S/c1-14(2)18(15,16)8-4-7-17-12-6-3-5-11(9-12)10-13/h3,5-6,9H,4,7-8,10,13H2,1-2H3. The first-order chi connectivity index (χ1) is 8.45. The molecule has 0 unspecified atom stereocenters. The summed E-state index contributed by atoms with van der Waals surface area (Å²) in [6.07, 6.45) is 0.466. The van der Waals surface area contributed by atoms with Gasteiger partial charge >= 0.3 is 0 Å². The fraction of sp³-hybridized carbons (Fsp3) is 0.500. The lowest BCUT2D eigenvalue weighted by Crippen LogP contribution is -2.25. The summed E-state index contributed by atoms with van der Waals surface area (Å²) in [6, 6.07) is 7.48. The lowest BCUT2D eigenvalue weighted by atomic mass is 10.2. The Balaban J connectivity index is 2.38. The van der Waals surface area contributed by atoms with E-state index in [9.17, 15) is 8.42 Å². The Bertz CT molecular complexity index is 472. The summed E-state index contributed by atoms with van der Waals surface area (Å²) in [6.45, 7) is 0.841. The Morgan fingerprint density at radius 2 is 2.06 bits per heavy atom. The molecule has 1 aromatic carbocycles. The number of hydrogen-bond acceptors (Lipinski definition) is 4. The van der Waals surface area contributed by atoms with Gasteiger partial charge in [0.25, 0.3) is 0 Å². The van der Waals surface area contributed by atoms with Gasteiger partial charge in [-0.05, 0) is 24.1 Å². The maximum atomic E-state index is 11.5. The summed E-state index contributed by atoms with van der Waals surface area (Å²) in [5.41, 5.74) is 6.52. The number of nitrogens with two attached hydrogens (primary N) is 1. The minimum Gasteiger partial charge on any atom is -0.494 e. The summed E-state index contributed by atoms with van der Waals surface area (Å²) in [5.74, 6) is 0.816. The molecule has 102 valence electrons. The molecule has 0 spiro atoms. The van der Waals surface area contributed by atoms with E-state index >= 15 is 0 Å². The van der Waals surface area contributed by atoms with E-state index in [0.29, 0.717) is 19.6 Å². The zero-order valence-corrected chi connectivity index (χ0v) is 11.6. The minimum atomic E-state index is -3.13. The van der Waals surface area contributed by atoms with Crippen LogP contribution in [0.2, 0.25) is 0 Å². The van der Waals surface area contributed by atoms with Gasteiger partial charge < -0.3 is 10.5 Å². The van der Waals surface area contributed by atoms with Gasteiger partial charge in [0.05, 0.1) is 12.4 Å². The SMILES string of the molecule is CN(C)S(=O)(=O)CCCOc1cccc(CN)c1. The van der Waals surface area contributed by atoms with Crippen molar-refractivity contribution in [2.75, 3.05) is 26.5 Å². The van der Waals surface area contributed by atoms with Crippen LogP contribution >= 0.6 is 0 Å². The van der Waals surface area contributed by atoms with Gasteiger partial charge in [0.1, 0.15) is 5.75 Å².